The molecule has 166 valence electrons. The average molecular weight is 456 g/mol. The van der Waals surface area contributed by atoms with E-state index in [-0.39, 0.29) is 28.3 Å². The molecule has 3 N–H and O–H groups in total. The quantitative estimate of drug-likeness (QED) is 0.586. The molecule has 1 aliphatic carbocycles. The van der Waals surface area contributed by atoms with Gasteiger partial charge in [0, 0.05) is 54.6 Å². The van der Waals surface area contributed by atoms with Gasteiger partial charge in [-0.2, -0.15) is 15.0 Å². The van der Waals surface area contributed by atoms with Crippen LogP contribution in [-0.4, -0.2) is 51.4 Å². The van der Waals surface area contributed by atoms with Crippen LogP contribution in [0.2, 0.25) is 5.02 Å². The molecule has 1 saturated carbocycles. The first-order valence-corrected chi connectivity index (χ1v) is 10.8. The maximum absolute atomic E-state index is 15.5. The number of nitrogens with two attached hydrogens (primary N) is 1. The lowest BCUT2D eigenvalue weighted by Crippen LogP contribution is -2.26. The summed E-state index contributed by atoms with van der Waals surface area (Å²) in [7, 11) is 3.11. The molecule has 1 amide bonds. The van der Waals surface area contributed by atoms with Crippen molar-refractivity contribution in [2.45, 2.75) is 30.7 Å². The van der Waals surface area contributed by atoms with Gasteiger partial charge < -0.3 is 16.0 Å². The molecule has 2 atom stereocenters. The summed E-state index contributed by atoms with van der Waals surface area (Å²) in [4.78, 5) is 20.1. The van der Waals surface area contributed by atoms with Gasteiger partial charge in [-0.05, 0) is 31.4 Å². The van der Waals surface area contributed by atoms with E-state index in [4.69, 9.17) is 17.3 Å². The largest absolute Gasteiger partial charge is 0.398 e. The lowest BCUT2D eigenvalue weighted by Gasteiger charge is -2.25. The van der Waals surface area contributed by atoms with Gasteiger partial charge in [0.15, 0.2) is 0 Å². The van der Waals surface area contributed by atoms with E-state index < -0.39 is 11.7 Å². The maximum Gasteiger partial charge on any atom is 0.258 e. The first-order valence-electron chi connectivity index (χ1n) is 10.4. The molecular weight excluding hydrogens is 433 g/mol. The Kier molecular flexibility index (Phi) is 4.81. The molecule has 1 fully saturated rings. The molecule has 1 spiro atoms. The molecule has 2 unspecified atom stereocenters. The Morgan fingerprint density at radius 2 is 2.06 bits per heavy atom. The van der Waals surface area contributed by atoms with Crippen molar-refractivity contribution in [1.29, 1.82) is 0 Å². The minimum atomic E-state index is -0.697. The van der Waals surface area contributed by atoms with Gasteiger partial charge in [-0.15, -0.1) is 0 Å². The van der Waals surface area contributed by atoms with E-state index in [2.05, 4.69) is 20.5 Å². The highest BCUT2D eigenvalue weighted by Crippen LogP contribution is 2.54. The fourth-order valence-electron chi connectivity index (χ4n) is 4.97. The van der Waals surface area contributed by atoms with E-state index in [1.165, 1.54) is 11.0 Å². The number of carbonyl (C=O) groups is 1. The van der Waals surface area contributed by atoms with E-state index in [1.54, 1.807) is 43.5 Å². The van der Waals surface area contributed by atoms with Crippen LogP contribution >= 0.6 is 11.6 Å². The molecule has 5 rings (SSSR count). The summed E-state index contributed by atoms with van der Waals surface area (Å²) in [6, 6.07) is 3.24. The summed E-state index contributed by atoms with van der Waals surface area (Å²) in [6.45, 7) is 0.699. The third-order valence-corrected chi connectivity index (χ3v) is 6.96. The molecular formula is C22H23ClFN7O. The predicted octanol–water partition coefficient (Wildman–Crippen LogP) is 3.51. The maximum atomic E-state index is 15.5. The van der Waals surface area contributed by atoms with Crippen LogP contribution in [0.3, 0.4) is 0 Å². The molecule has 3 heterocycles. The van der Waals surface area contributed by atoms with Crippen molar-refractivity contribution < 1.29 is 9.18 Å². The smallest absolute Gasteiger partial charge is 0.258 e. The minimum absolute atomic E-state index is 0.0821. The molecule has 10 heteroatoms. The standard InChI is InChI=1S/C22H23ClFN7O/c1-30(2)21(32)16-15(25)4-3-13(19(16)24)14-10-26-20-17(18(14)23)22(11-27-20)6-5-12(9-22)31-28-7-8-29-31/h3-4,7-8,10,12H,5-6,9,11,25H2,1-2H3,(H,26,27). The topological polar surface area (TPSA) is 102 Å². The summed E-state index contributed by atoms with van der Waals surface area (Å²) < 4.78 is 15.5. The van der Waals surface area contributed by atoms with Crippen molar-refractivity contribution in [3.8, 4) is 11.1 Å². The summed E-state index contributed by atoms with van der Waals surface area (Å²) in [5.74, 6) is -0.485. The predicted molar refractivity (Wildman–Crippen MR) is 120 cm³/mol. The molecule has 1 aromatic carbocycles. The molecule has 2 aliphatic rings. The number of benzene rings is 1. The van der Waals surface area contributed by atoms with Crippen LogP contribution < -0.4 is 11.1 Å². The van der Waals surface area contributed by atoms with Crippen molar-refractivity contribution >= 4 is 29.0 Å². The van der Waals surface area contributed by atoms with Crippen LogP contribution in [0.4, 0.5) is 15.9 Å². The van der Waals surface area contributed by atoms with Crippen LogP contribution in [0.1, 0.15) is 41.2 Å². The highest BCUT2D eigenvalue weighted by atomic mass is 35.5. The number of hydrogen-bond acceptors (Lipinski definition) is 6. The number of hydrogen-bond donors (Lipinski definition) is 2. The van der Waals surface area contributed by atoms with E-state index >= 15 is 4.39 Å². The highest BCUT2D eigenvalue weighted by molar-refractivity contribution is 6.34. The summed E-state index contributed by atoms with van der Waals surface area (Å²) in [6.07, 6.45) is 7.50. The SMILES string of the molecule is CN(C)C(=O)c1c(N)ccc(-c2cnc3c(c2Cl)C2(CCC(n4nccn4)C2)CN3)c1F. The molecule has 0 saturated heterocycles. The van der Waals surface area contributed by atoms with Gasteiger partial charge in [0.2, 0.25) is 0 Å². The van der Waals surface area contributed by atoms with Gasteiger partial charge >= 0.3 is 0 Å². The van der Waals surface area contributed by atoms with Gasteiger partial charge in [-0.25, -0.2) is 9.37 Å². The van der Waals surface area contributed by atoms with Crippen LogP contribution in [-0.2, 0) is 5.41 Å². The number of nitrogens with one attached hydrogen (secondary N) is 1. The van der Waals surface area contributed by atoms with Crippen LogP contribution in [0.25, 0.3) is 11.1 Å². The van der Waals surface area contributed by atoms with Crippen molar-refractivity contribution in [2.75, 3.05) is 31.7 Å². The molecule has 3 aromatic rings. The number of halogens is 2. The fourth-order valence-corrected chi connectivity index (χ4v) is 5.41. The Labute approximate surface area is 189 Å². The number of fused-ring (bicyclic) bond motifs is 2. The molecule has 32 heavy (non-hydrogen) atoms. The Morgan fingerprint density at radius 3 is 2.78 bits per heavy atom. The number of pyridine rings is 1. The molecule has 8 nitrogen and oxygen atoms in total. The summed E-state index contributed by atoms with van der Waals surface area (Å²) in [5, 5.41) is 12.4. The van der Waals surface area contributed by atoms with Crippen molar-refractivity contribution in [1.82, 2.24) is 24.9 Å². The minimum Gasteiger partial charge on any atom is -0.398 e. The zero-order valence-electron chi connectivity index (χ0n) is 17.8. The third-order valence-electron chi connectivity index (χ3n) is 6.57. The highest BCUT2D eigenvalue weighted by Gasteiger charge is 2.48. The second-order valence-electron chi connectivity index (χ2n) is 8.68. The zero-order chi connectivity index (χ0) is 22.6. The fraction of sp³-hybridized carbons (Fsp3) is 0.364. The monoisotopic (exact) mass is 455 g/mol. The summed E-state index contributed by atoms with van der Waals surface area (Å²) in [5.41, 5.74) is 7.15. The van der Waals surface area contributed by atoms with Crippen LogP contribution in [0.5, 0.6) is 0 Å². The lowest BCUT2D eigenvalue weighted by atomic mass is 9.80. The molecule has 0 radical (unpaired) electrons. The summed E-state index contributed by atoms with van der Waals surface area (Å²) >= 11 is 6.93. The first-order chi connectivity index (χ1) is 15.3. The number of amides is 1. The normalized spacial score (nSPS) is 21.6. The number of rotatable bonds is 3. The second-order valence-corrected chi connectivity index (χ2v) is 9.06. The van der Waals surface area contributed by atoms with Gasteiger partial charge in [-0.3, -0.25) is 4.79 Å². The zero-order valence-corrected chi connectivity index (χ0v) is 18.5. The van der Waals surface area contributed by atoms with E-state index in [1.807, 2.05) is 0 Å². The van der Waals surface area contributed by atoms with E-state index in [0.29, 0.717) is 22.9 Å². The van der Waals surface area contributed by atoms with Gasteiger partial charge in [0.25, 0.3) is 5.91 Å². The van der Waals surface area contributed by atoms with E-state index in [9.17, 15) is 4.79 Å². The Balaban J connectivity index is 1.60. The number of anilines is 2. The second kappa shape index (κ2) is 7.44. The van der Waals surface area contributed by atoms with Gasteiger partial charge in [0.05, 0.1) is 29.0 Å². The lowest BCUT2D eigenvalue weighted by molar-refractivity contribution is 0.0824. The van der Waals surface area contributed by atoms with Crippen molar-refractivity contribution in [3.63, 3.8) is 0 Å². The number of nitrogens with zero attached hydrogens (tertiary/aromatic N) is 5. The average Bonchev–Trinajstić information content (AvgIpc) is 3.50. The molecule has 1 aliphatic heterocycles. The van der Waals surface area contributed by atoms with Crippen molar-refractivity contribution in [2.24, 2.45) is 0 Å². The first kappa shape index (κ1) is 20.7. The number of nitrogen functional groups attached to an aromatic ring is 1. The number of aromatic nitrogens is 4. The van der Waals surface area contributed by atoms with Crippen LogP contribution in [0, 0.1) is 5.82 Å². The number of carbonyl (C=O) groups excluding carboxylic acids is 1. The third kappa shape index (κ3) is 3.02. The van der Waals surface area contributed by atoms with Crippen molar-refractivity contribution in [3.05, 3.63) is 52.7 Å². The Hall–Kier alpha value is -3.20. The van der Waals surface area contributed by atoms with E-state index in [0.717, 1.165) is 24.8 Å². The Bertz CT molecular complexity index is 1210. The van der Waals surface area contributed by atoms with Gasteiger partial charge in [0.1, 0.15) is 11.6 Å². The molecule has 0 bridgehead atoms. The van der Waals surface area contributed by atoms with Crippen LogP contribution in [0.15, 0.2) is 30.7 Å². The Morgan fingerprint density at radius 1 is 1.31 bits per heavy atom. The molecule has 2 aromatic heterocycles. The van der Waals surface area contributed by atoms with Gasteiger partial charge in [-0.1, -0.05) is 11.6 Å².